The second-order valence-electron chi connectivity index (χ2n) is 7.67. The van der Waals surface area contributed by atoms with Crippen molar-refractivity contribution in [2.75, 3.05) is 0 Å². The molecule has 0 aromatic carbocycles. The number of aryl methyl sites for hydroxylation is 1. The molecule has 0 saturated carbocycles. The van der Waals surface area contributed by atoms with Crippen molar-refractivity contribution in [3.8, 4) is 11.1 Å². The third-order valence-corrected chi connectivity index (χ3v) is 5.52. The van der Waals surface area contributed by atoms with Crippen LogP contribution in [0, 0.1) is 0 Å². The number of fused-ring (bicyclic) bond motifs is 3. The molecular weight excluding hydrogens is 276 g/mol. The van der Waals surface area contributed by atoms with Crippen LogP contribution in [-0.4, -0.2) is 0 Å². The lowest BCUT2D eigenvalue weighted by atomic mass is 9.96. The van der Waals surface area contributed by atoms with Gasteiger partial charge in [-0.3, -0.25) is 0 Å². The molecule has 3 aliphatic carbocycles. The molecule has 0 aromatic heterocycles. The molecule has 0 fully saturated rings. The Morgan fingerprint density at radius 1 is 0.739 bits per heavy atom. The van der Waals surface area contributed by atoms with E-state index in [1.54, 1.807) is 11.1 Å². The van der Waals surface area contributed by atoms with Gasteiger partial charge in [0.25, 0.3) is 0 Å². The molecule has 0 N–H and O–H groups in total. The highest BCUT2D eigenvalue weighted by Gasteiger charge is 2.16. The Morgan fingerprint density at radius 3 is 2.09 bits per heavy atom. The van der Waals surface area contributed by atoms with E-state index >= 15 is 0 Å². The zero-order chi connectivity index (χ0) is 16.1. The van der Waals surface area contributed by atoms with Crippen LogP contribution >= 0.6 is 0 Å². The Kier molecular flexibility index (Phi) is 5.75. The molecule has 0 radical (unpaired) electrons. The summed E-state index contributed by atoms with van der Waals surface area (Å²) in [6.07, 6.45) is 13.9. The second-order valence-corrected chi connectivity index (χ2v) is 7.67. The van der Waals surface area contributed by atoms with Crippen LogP contribution in [0.1, 0.15) is 87.8 Å². The molecule has 0 spiro atoms. The highest BCUT2D eigenvalue weighted by molar-refractivity contribution is 5.74. The van der Waals surface area contributed by atoms with E-state index in [-0.39, 0.29) is 0 Å². The molecule has 0 heteroatoms. The van der Waals surface area contributed by atoms with Gasteiger partial charge in [-0.2, -0.15) is 0 Å². The summed E-state index contributed by atoms with van der Waals surface area (Å²) >= 11 is 0. The molecule has 0 bridgehead atoms. The van der Waals surface area contributed by atoms with E-state index in [9.17, 15) is 0 Å². The zero-order valence-electron chi connectivity index (χ0n) is 15.0. The zero-order valence-corrected chi connectivity index (χ0v) is 15.0. The highest BCUT2D eigenvalue weighted by Crippen LogP contribution is 2.35. The van der Waals surface area contributed by atoms with E-state index in [1.807, 2.05) is 0 Å². The van der Waals surface area contributed by atoms with E-state index in [0.717, 1.165) is 0 Å². The fraction of sp³-hybridized carbons (Fsp3) is 0.565. The van der Waals surface area contributed by atoms with Crippen molar-refractivity contribution in [1.82, 2.24) is 0 Å². The normalized spacial score (nSPS) is 17.5. The largest absolute Gasteiger partial charge is 0.0614 e. The highest BCUT2D eigenvalue weighted by atomic mass is 14.2. The molecule has 0 heterocycles. The van der Waals surface area contributed by atoms with Crippen LogP contribution in [0.3, 0.4) is 0 Å². The first-order chi connectivity index (χ1) is 11.3. The van der Waals surface area contributed by atoms with Crippen molar-refractivity contribution >= 4 is 0 Å². The summed E-state index contributed by atoms with van der Waals surface area (Å²) in [4.78, 5) is 0. The first kappa shape index (κ1) is 16.6. The van der Waals surface area contributed by atoms with Gasteiger partial charge in [0.2, 0.25) is 0 Å². The molecule has 0 amide bonds. The summed E-state index contributed by atoms with van der Waals surface area (Å²) in [6, 6.07) is 11.9. The first-order valence-electron chi connectivity index (χ1n) is 9.80. The molecule has 3 rings (SSSR count). The van der Waals surface area contributed by atoms with Gasteiger partial charge in [0.05, 0.1) is 0 Å². The predicted molar refractivity (Wildman–Crippen MR) is 101 cm³/mol. The van der Waals surface area contributed by atoms with E-state index in [1.165, 1.54) is 80.9 Å². The summed E-state index contributed by atoms with van der Waals surface area (Å²) in [7, 11) is 0. The van der Waals surface area contributed by atoms with Gasteiger partial charge in [-0.15, -0.1) is 0 Å². The SMILES string of the molecule is CC(C)c1cccc2c3c(cc-2c1)CCCCCCCCCC3. The summed E-state index contributed by atoms with van der Waals surface area (Å²) in [5.41, 5.74) is 7.75. The lowest BCUT2D eigenvalue weighted by molar-refractivity contribution is 0.560. The predicted octanol–water partition coefficient (Wildman–Crippen LogP) is 7.13. The van der Waals surface area contributed by atoms with Crippen LogP contribution in [-0.2, 0) is 12.8 Å². The molecule has 3 aliphatic rings. The van der Waals surface area contributed by atoms with Crippen LogP contribution in [0.5, 0.6) is 0 Å². The Balaban J connectivity index is 1.93. The van der Waals surface area contributed by atoms with E-state index in [0.29, 0.717) is 5.92 Å². The Labute approximate surface area is 142 Å². The van der Waals surface area contributed by atoms with Crippen molar-refractivity contribution < 1.29 is 0 Å². The van der Waals surface area contributed by atoms with Crippen molar-refractivity contribution in [3.05, 3.63) is 47.0 Å². The van der Waals surface area contributed by atoms with Crippen LogP contribution in [0.25, 0.3) is 11.1 Å². The van der Waals surface area contributed by atoms with Gasteiger partial charge in [0.1, 0.15) is 0 Å². The third kappa shape index (κ3) is 4.16. The van der Waals surface area contributed by atoms with Crippen LogP contribution in [0.4, 0.5) is 0 Å². The molecular formula is C23H32. The molecule has 0 saturated heterocycles. The summed E-state index contributed by atoms with van der Waals surface area (Å²) in [6.45, 7) is 4.59. The minimum atomic E-state index is 0.599. The van der Waals surface area contributed by atoms with Gasteiger partial charge in [-0.05, 0) is 59.4 Å². The summed E-state index contributed by atoms with van der Waals surface area (Å²) in [5.74, 6) is 0.599. The molecule has 0 nitrogen and oxygen atoms in total. The van der Waals surface area contributed by atoms with Gasteiger partial charge in [0, 0.05) is 0 Å². The minimum absolute atomic E-state index is 0.599. The van der Waals surface area contributed by atoms with E-state index in [2.05, 4.69) is 44.2 Å². The standard InChI is InChI=1S/C23H32/c1-18(2)19-13-11-15-23-21(16-19)17-20-12-9-7-5-3-4-6-8-10-14-22(20)23/h11,13,15-18H,3-10,12,14H2,1-2H3. The average Bonchev–Trinajstić information content (AvgIpc) is 2.70. The second kappa shape index (κ2) is 7.99. The quantitative estimate of drug-likeness (QED) is 0.525. The molecule has 23 heavy (non-hydrogen) atoms. The Hall–Kier alpha value is -1.30. The maximum absolute atomic E-state index is 2.50. The first-order valence-corrected chi connectivity index (χ1v) is 9.80. The fourth-order valence-electron chi connectivity index (χ4n) is 4.05. The van der Waals surface area contributed by atoms with E-state index in [4.69, 9.17) is 0 Å². The maximum Gasteiger partial charge on any atom is -0.0149 e. The topological polar surface area (TPSA) is 0 Å². The van der Waals surface area contributed by atoms with Gasteiger partial charge >= 0.3 is 0 Å². The van der Waals surface area contributed by atoms with Gasteiger partial charge < -0.3 is 0 Å². The Bertz CT molecular complexity index is 593. The lowest BCUT2D eigenvalue weighted by Crippen LogP contribution is -1.94. The minimum Gasteiger partial charge on any atom is -0.0614 e. The number of hydrogen-bond donors (Lipinski definition) is 0. The third-order valence-electron chi connectivity index (χ3n) is 5.52. The van der Waals surface area contributed by atoms with Gasteiger partial charge in [-0.1, -0.05) is 82.7 Å². The average molecular weight is 309 g/mol. The van der Waals surface area contributed by atoms with Crippen molar-refractivity contribution in [2.24, 2.45) is 0 Å². The lowest BCUT2D eigenvalue weighted by Gasteiger charge is -2.09. The number of hydrogen-bond acceptors (Lipinski definition) is 0. The van der Waals surface area contributed by atoms with Gasteiger partial charge in [-0.25, -0.2) is 0 Å². The van der Waals surface area contributed by atoms with Crippen LogP contribution < -0.4 is 0 Å². The monoisotopic (exact) mass is 308 g/mol. The van der Waals surface area contributed by atoms with E-state index < -0.39 is 0 Å². The molecule has 124 valence electrons. The summed E-state index contributed by atoms with van der Waals surface area (Å²) in [5, 5.41) is 0. The maximum atomic E-state index is 2.50. The smallest absolute Gasteiger partial charge is 0.0149 e. The van der Waals surface area contributed by atoms with Crippen molar-refractivity contribution in [3.63, 3.8) is 0 Å². The van der Waals surface area contributed by atoms with Crippen LogP contribution in [0.15, 0.2) is 30.3 Å². The fourth-order valence-corrected chi connectivity index (χ4v) is 4.05. The molecule has 0 atom stereocenters. The molecule has 0 aromatic rings. The van der Waals surface area contributed by atoms with Crippen molar-refractivity contribution in [1.29, 1.82) is 0 Å². The van der Waals surface area contributed by atoms with Crippen LogP contribution in [0.2, 0.25) is 0 Å². The van der Waals surface area contributed by atoms with Gasteiger partial charge in [0.15, 0.2) is 0 Å². The molecule has 0 unspecified atom stereocenters. The van der Waals surface area contributed by atoms with Crippen molar-refractivity contribution in [2.45, 2.75) is 84.0 Å². The number of rotatable bonds is 1. The molecule has 0 aliphatic heterocycles. The summed E-state index contributed by atoms with van der Waals surface area (Å²) < 4.78 is 0. The Morgan fingerprint density at radius 2 is 1.39 bits per heavy atom.